The van der Waals surface area contributed by atoms with Crippen molar-refractivity contribution in [2.75, 3.05) is 19.8 Å². The van der Waals surface area contributed by atoms with Crippen molar-refractivity contribution in [3.8, 4) is 11.5 Å². The lowest BCUT2D eigenvalue weighted by atomic mass is 10.0. The topological polar surface area (TPSA) is 40.0 Å². The van der Waals surface area contributed by atoms with Crippen LogP contribution in [0.3, 0.4) is 0 Å². The van der Waals surface area contributed by atoms with Crippen LogP contribution in [0.5, 0.6) is 11.5 Å². The van der Waals surface area contributed by atoms with Gasteiger partial charge in [0.1, 0.15) is 33.7 Å². The minimum Gasteiger partial charge on any atom is -0.493 e. The highest BCUT2D eigenvalue weighted by molar-refractivity contribution is 6.56. The molecule has 162 valence electrons. The summed E-state index contributed by atoms with van der Waals surface area (Å²) in [6.07, 6.45) is 9.28. The van der Waals surface area contributed by atoms with E-state index in [2.05, 4.69) is 19.0 Å². The Balaban J connectivity index is 2.49. The third-order valence-electron chi connectivity index (χ3n) is 3.90. The molecule has 0 aromatic heterocycles. The van der Waals surface area contributed by atoms with Crippen molar-refractivity contribution in [3.63, 3.8) is 0 Å². The van der Waals surface area contributed by atoms with Gasteiger partial charge in [-0.25, -0.2) is 0 Å². The van der Waals surface area contributed by atoms with Crippen LogP contribution >= 0.6 is 46.4 Å². The van der Waals surface area contributed by atoms with Gasteiger partial charge in [0.05, 0.1) is 6.61 Å². The SMILES string of the molecule is CCc1cc(OCC=C(Cl)Cl)cc(CC)c1OCCCC/C=N/OCC=C(Cl)Cl. The lowest BCUT2D eigenvalue weighted by molar-refractivity contribution is 0.175. The maximum Gasteiger partial charge on any atom is 0.138 e. The molecule has 0 heterocycles. The summed E-state index contributed by atoms with van der Waals surface area (Å²) in [6.45, 7) is 5.43. The van der Waals surface area contributed by atoms with Crippen LogP contribution in [0.4, 0.5) is 0 Å². The summed E-state index contributed by atoms with van der Waals surface area (Å²) in [5, 5.41) is 3.84. The van der Waals surface area contributed by atoms with Crippen molar-refractivity contribution in [1.29, 1.82) is 0 Å². The smallest absolute Gasteiger partial charge is 0.138 e. The van der Waals surface area contributed by atoms with Gasteiger partial charge in [-0.3, -0.25) is 0 Å². The molecule has 0 aliphatic carbocycles. The Morgan fingerprint density at radius 3 is 2.10 bits per heavy atom. The van der Waals surface area contributed by atoms with Gasteiger partial charge in [-0.05, 0) is 67.5 Å². The summed E-state index contributed by atoms with van der Waals surface area (Å²) in [6, 6.07) is 4.02. The van der Waals surface area contributed by atoms with E-state index in [4.69, 9.17) is 60.7 Å². The Morgan fingerprint density at radius 1 is 0.897 bits per heavy atom. The average Bonchev–Trinajstić information content (AvgIpc) is 2.68. The number of benzene rings is 1. The third kappa shape index (κ3) is 11.6. The van der Waals surface area contributed by atoms with Gasteiger partial charge in [0.2, 0.25) is 0 Å². The highest BCUT2D eigenvalue weighted by Crippen LogP contribution is 2.31. The Morgan fingerprint density at radius 2 is 1.52 bits per heavy atom. The molecule has 8 heteroatoms. The minimum atomic E-state index is 0.173. The quantitative estimate of drug-likeness (QED) is 0.158. The molecule has 0 fully saturated rings. The van der Waals surface area contributed by atoms with E-state index >= 15 is 0 Å². The molecule has 0 unspecified atom stereocenters. The third-order valence-corrected chi connectivity index (χ3v) is 4.52. The second-order valence-electron chi connectivity index (χ2n) is 6.00. The normalized spacial score (nSPS) is 10.7. The van der Waals surface area contributed by atoms with Crippen LogP contribution in [0, 0.1) is 0 Å². The van der Waals surface area contributed by atoms with E-state index in [1.165, 1.54) is 6.08 Å². The van der Waals surface area contributed by atoms with Gasteiger partial charge in [-0.15, -0.1) is 0 Å². The first-order valence-corrected chi connectivity index (χ1v) is 11.1. The molecule has 29 heavy (non-hydrogen) atoms. The summed E-state index contributed by atoms with van der Waals surface area (Å²) in [5.41, 5.74) is 2.25. The summed E-state index contributed by atoms with van der Waals surface area (Å²) in [7, 11) is 0. The molecule has 4 nitrogen and oxygen atoms in total. The molecule has 1 aromatic rings. The van der Waals surface area contributed by atoms with Crippen molar-refractivity contribution >= 4 is 52.6 Å². The molecule has 0 amide bonds. The minimum absolute atomic E-state index is 0.173. The highest BCUT2D eigenvalue weighted by Gasteiger charge is 2.11. The maximum atomic E-state index is 6.10. The van der Waals surface area contributed by atoms with E-state index in [-0.39, 0.29) is 15.6 Å². The lowest BCUT2D eigenvalue weighted by Crippen LogP contribution is -2.05. The fraction of sp³-hybridized carbons (Fsp3) is 0.476. The molecule has 1 rings (SSSR count). The first-order chi connectivity index (χ1) is 14.0. The van der Waals surface area contributed by atoms with Crippen LogP contribution in [0.1, 0.15) is 44.2 Å². The molecular formula is C21H27Cl4NO3. The van der Waals surface area contributed by atoms with Crippen molar-refractivity contribution < 1.29 is 14.3 Å². The van der Waals surface area contributed by atoms with E-state index in [0.717, 1.165) is 54.7 Å². The summed E-state index contributed by atoms with van der Waals surface area (Å²) in [4.78, 5) is 5.00. The molecule has 0 N–H and O–H groups in total. The molecule has 0 saturated heterocycles. The van der Waals surface area contributed by atoms with Crippen LogP contribution in [0.25, 0.3) is 0 Å². The standard InChI is InChI=1S/C21H27Cl4NO3/c1-3-16-14-18(27-12-8-19(22)23)15-17(4-2)21(16)28-11-7-5-6-10-26-29-13-9-20(24)25/h8-10,14-15H,3-7,11-13H2,1-2H3/b26-10+. The number of aryl methyl sites for hydroxylation is 2. The van der Waals surface area contributed by atoms with Crippen LogP contribution in [-0.4, -0.2) is 26.0 Å². The number of ether oxygens (including phenoxy) is 2. The zero-order chi connectivity index (χ0) is 21.5. The Kier molecular flexibility index (Phi) is 14.1. The predicted octanol–water partition coefficient (Wildman–Crippen LogP) is 7.38. The lowest BCUT2D eigenvalue weighted by Gasteiger charge is -2.17. The average molecular weight is 483 g/mol. The number of nitrogens with zero attached hydrogens (tertiary/aromatic N) is 1. The zero-order valence-corrected chi connectivity index (χ0v) is 19.8. The van der Waals surface area contributed by atoms with Crippen molar-refractivity contribution in [1.82, 2.24) is 0 Å². The molecule has 0 aliphatic rings. The predicted molar refractivity (Wildman–Crippen MR) is 124 cm³/mol. The van der Waals surface area contributed by atoms with E-state index < -0.39 is 0 Å². The molecule has 0 radical (unpaired) electrons. The first kappa shape index (κ1) is 26.0. The Hall–Kier alpha value is -1.07. The van der Waals surface area contributed by atoms with Gasteiger partial charge < -0.3 is 14.3 Å². The van der Waals surface area contributed by atoms with Gasteiger partial charge >= 0.3 is 0 Å². The fourth-order valence-electron chi connectivity index (χ4n) is 2.48. The van der Waals surface area contributed by atoms with E-state index in [9.17, 15) is 0 Å². The summed E-state index contributed by atoms with van der Waals surface area (Å²) >= 11 is 22.2. The molecule has 0 bridgehead atoms. The van der Waals surface area contributed by atoms with Crippen LogP contribution < -0.4 is 9.47 Å². The number of hydrogen-bond donors (Lipinski definition) is 0. The largest absolute Gasteiger partial charge is 0.493 e. The summed E-state index contributed by atoms with van der Waals surface area (Å²) < 4.78 is 12.2. The maximum absolute atomic E-state index is 6.10. The van der Waals surface area contributed by atoms with Gasteiger partial charge in [-0.1, -0.05) is 65.4 Å². The van der Waals surface area contributed by atoms with Crippen molar-refractivity contribution in [2.24, 2.45) is 5.16 Å². The van der Waals surface area contributed by atoms with Crippen molar-refractivity contribution in [2.45, 2.75) is 46.0 Å². The van der Waals surface area contributed by atoms with Gasteiger partial charge in [0.25, 0.3) is 0 Å². The number of oxime groups is 1. The van der Waals surface area contributed by atoms with Crippen molar-refractivity contribution in [3.05, 3.63) is 44.4 Å². The summed E-state index contributed by atoms with van der Waals surface area (Å²) in [5.74, 6) is 1.74. The highest BCUT2D eigenvalue weighted by atomic mass is 35.5. The van der Waals surface area contributed by atoms with Gasteiger partial charge in [-0.2, -0.15) is 0 Å². The first-order valence-electron chi connectivity index (χ1n) is 9.55. The molecule has 0 atom stereocenters. The van der Waals surface area contributed by atoms with Crippen LogP contribution in [0.2, 0.25) is 0 Å². The molecule has 1 aromatic carbocycles. The van der Waals surface area contributed by atoms with E-state index in [1.807, 2.05) is 12.1 Å². The number of unbranched alkanes of at least 4 members (excludes halogenated alkanes) is 2. The molecular weight excluding hydrogens is 456 g/mol. The second-order valence-corrected chi connectivity index (χ2v) is 8.02. The monoisotopic (exact) mass is 481 g/mol. The van der Waals surface area contributed by atoms with E-state index in [1.54, 1.807) is 12.3 Å². The number of rotatable bonds is 14. The van der Waals surface area contributed by atoms with Crippen LogP contribution in [-0.2, 0) is 17.7 Å². The van der Waals surface area contributed by atoms with E-state index in [0.29, 0.717) is 13.2 Å². The number of hydrogen-bond acceptors (Lipinski definition) is 4. The Bertz CT molecular complexity index is 672. The molecule has 0 spiro atoms. The fourth-order valence-corrected chi connectivity index (χ4v) is 2.73. The van der Waals surface area contributed by atoms with Gasteiger partial charge in [0.15, 0.2) is 0 Å². The number of halogens is 4. The second kappa shape index (κ2) is 15.7. The van der Waals surface area contributed by atoms with Crippen LogP contribution in [0.15, 0.2) is 38.4 Å². The molecule has 0 saturated carbocycles. The molecule has 0 aliphatic heterocycles. The zero-order valence-electron chi connectivity index (χ0n) is 16.7. The Labute approximate surface area is 193 Å². The van der Waals surface area contributed by atoms with Gasteiger partial charge in [0, 0.05) is 6.21 Å².